The van der Waals surface area contributed by atoms with Crippen LogP contribution in [-0.2, 0) is 4.74 Å². The molecule has 1 unspecified atom stereocenters. The lowest BCUT2D eigenvalue weighted by atomic mass is 9.98. The first-order valence-corrected chi connectivity index (χ1v) is 4.90. The third kappa shape index (κ3) is 3.38. The van der Waals surface area contributed by atoms with Crippen molar-refractivity contribution in [3.63, 3.8) is 0 Å². The summed E-state index contributed by atoms with van der Waals surface area (Å²) in [6, 6.07) is 0. The number of aliphatic hydroxyl groups is 1. The van der Waals surface area contributed by atoms with Crippen molar-refractivity contribution in [1.29, 1.82) is 0 Å². The van der Waals surface area contributed by atoms with Gasteiger partial charge in [-0.15, -0.1) is 0 Å². The van der Waals surface area contributed by atoms with Crippen molar-refractivity contribution in [2.45, 2.75) is 50.7 Å². The van der Waals surface area contributed by atoms with Crippen molar-refractivity contribution in [3.8, 4) is 11.8 Å². The molecule has 0 amide bonds. The van der Waals surface area contributed by atoms with E-state index >= 15 is 0 Å². The molecule has 1 fully saturated rings. The maximum atomic E-state index is 9.93. The molecule has 0 aromatic heterocycles. The van der Waals surface area contributed by atoms with Crippen LogP contribution in [0.3, 0.4) is 0 Å². The van der Waals surface area contributed by atoms with Gasteiger partial charge in [0.05, 0.1) is 5.60 Å². The van der Waals surface area contributed by atoms with Crippen LogP contribution in [0.4, 0.5) is 0 Å². The summed E-state index contributed by atoms with van der Waals surface area (Å²) in [5, 5.41) is 9.93. The second-order valence-corrected chi connectivity index (χ2v) is 3.81. The monoisotopic (exact) mass is 182 g/mol. The number of ether oxygens (including phenoxy) is 1. The Hall–Kier alpha value is -0.520. The van der Waals surface area contributed by atoms with Gasteiger partial charge in [-0.3, -0.25) is 0 Å². The molecule has 1 atom stereocenters. The Labute approximate surface area is 80.3 Å². The number of methoxy groups -OCH3 is 1. The van der Waals surface area contributed by atoms with Gasteiger partial charge < -0.3 is 9.84 Å². The SMILES string of the molecule is COC(C)C#CCC1(O)CCCC1. The summed E-state index contributed by atoms with van der Waals surface area (Å²) in [5.41, 5.74) is -0.500. The number of rotatable bonds is 2. The predicted octanol–water partition coefficient (Wildman–Crippen LogP) is 1.72. The lowest BCUT2D eigenvalue weighted by molar-refractivity contribution is 0.0530. The van der Waals surface area contributed by atoms with Gasteiger partial charge in [-0.05, 0) is 19.8 Å². The zero-order valence-corrected chi connectivity index (χ0v) is 8.47. The molecule has 0 radical (unpaired) electrons. The van der Waals surface area contributed by atoms with E-state index in [1.807, 2.05) is 6.92 Å². The molecule has 0 aromatic rings. The molecule has 0 aromatic carbocycles. The van der Waals surface area contributed by atoms with Gasteiger partial charge in [0.2, 0.25) is 0 Å². The highest BCUT2D eigenvalue weighted by molar-refractivity contribution is 5.08. The minimum absolute atomic E-state index is 0.0231. The summed E-state index contributed by atoms with van der Waals surface area (Å²) in [7, 11) is 1.64. The summed E-state index contributed by atoms with van der Waals surface area (Å²) < 4.78 is 4.99. The van der Waals surface area contributed by atoms with Crippen LogP contribution in [0.15, 0.2) is 0 Å². The van der Waals surface area contributed by atoms with Crippen LogP contribution in [0.25, 0.3) is 0 Å². The van der Waals surface area contributed by atoms with Gasteiger partial charge in [0.1, 0.15) is 6.10 Å². The molecule has 1 aliphatic rings. The van der Waals surface area contributed by atoms with E-state index in [0.717, 1.165) is 25.7 Å². The van der Waals surface area contributed by atoms with Crippen molar-refractivity contribution >= 4 is 0 Å². The molecular formula is C11H18O2. The largest absolute Gasteiger partial charge is 0.389 e. The molecule has 0 bridgehead atoms. The molecule has 1 rings (SSSR count). The van der Waals surface area contributed by atoms with Crippen LogP contribution < -0.4 is 0 Å². The van der Waals surface area contributed by atoms with Crippen LogP contribution in [-0.4, -0.2) is 23.9 Å². The first kappa shape index (κ1) is 10.6. The van der Waals surface area contributed by atoms with Crippen molar-refractivity contribution in [2.24, 2.45) is 0 Å². The second-order valence-electron chi connectivity index (χ2n) is 3.81. The van der Waals surface area contributed by atoms with E-state index in [4.69, 9.17) is 4.74 Å². The van der Waals surface area contributed by atoms with E-state index in [9.17, 15) is 5.11 Å². The first-order chi connectivity index (χ1) is 6.16. The lowest BCUT2D eigenvalue weighted by Crippen LogP contribution is -2.22. The molecule has 74 valence electrons. The summed E-state index contributed by atoms with van der Waals surface area (Å²) in [6.07, 6.45) is 4.66. The highest BCUT2D eigenvalue weighted by atomic mass is 16.5. The van der Waals surface area contributed by atoms with Crippen LogP contribution in [0, 0.1) is 11.8 Å². The van der Waals surface area contributed by atoms with Gasteiger partial charge in [0, 0.05) is 13.5 Å². The van der Waals surface area contributed by atoms with Gasteiger partial charge in [0.25, 0.3) is 0 Å². The fourth-order valence-corrected chi connectivity index (χ4v) is 1.63. The van der Waals surface area contributed by atoms with Gasteiger partial charge in [-0.25, -0.2) is 0 Å². The predicted molar refractivity (Wildman–Crippen MR) is 52.3 cm³/mol. The molecular weight excluding hydrogens is 164 g/mol. The van der Waals surface area contributed by atoms with E-state index in [1.165, 1.54) is 0 Å². The Bertz CT molecular complexity index is 206. The molecule has 1 N–H and O–H groups in total. The molecule has 2 heteroatoms. The average Bonchev–Trinajstić information content (AvgIpc) is 2.52. The van der Waals surface area contributed by atoms with Gasteiger partial charge in [0.15, 0.2) is 0 Å². The quantitative estimate of drug-likeness (QED) is 0.659. The van der Waals surface area contributed by atoms with Gasteiger partial charge in [-0.2, -0.15) is 0 Å². The molecule has 0 aliphatic heterocycles. The van der Waals surface area contributed by atoms with E-state index < -0.39 is 5.60 Å². The Balaban J connectivity index is 2.34. The fourth-order valence-electron chi connectivity index (χ4n) is 1.63. The third-order valence-corrected chi connectivity index (χ3v) is 2.61. The topological polar surface area (TPSA) is 29.5 Å². The van der Waals surface area contributed by atoms with Crippen molar-refractivity contribution in [2.75, 3.05) is 7.11 Å². The van der Waals surface area contributed by atoms with E-state index in [-0.39, 0.29) is 6.10 Å². The Morgan fingerprint density at radius 2 is 2.08 bits per heavy atom. The van der Waals surface area contributed by atoms with Crippen molar-refractivity contribution in [1.82, 2.24) is 0 Å². The van der Waals surface area contributed by atoms with Crippen molar-refractivity contribution in [3.05, 3.63) is 0 Å². The highest BCUT2D eigenvalue weighted by Gasteiger charge is 2.29. The average molecular weight is 182 g/mol. The number of hydrogen-bond acceptors (Lipinski definition) is 2. The Kier molecular flexibility index (Phi) is 3.77. The third-order valence-electron chi connectivity index (χ3n) is 2.61. The lowest BCUT2D eigenvalue weighted by Gasteiger charge is -2.18. The minimum Gasteiger partial charge on any atom is -0.389 e. The summed E-state index contributed by atoms with van der Waals surface area (Å²) in [6.45, 7) is 1.91. The smallest absolute Gasteiger partial charge is 0.115 e. The summed E-state index contributed by atoms with van der Waals surface area (Å²) in [5.74, 6) is 5.95. The maximum Gasteiger partial charge on any atom is 0.115 e. The van der Waals surface area contributed by atoms with E-state index in [0.29, 0.717) is 6.42 Å². The van der Waals surface area contributed by atoms with E-state index in [1.54, 1.807) is 7.11 Å². The number of hydrogen-bond donors (Lipinski definition) is 1. The van der Waals surface area contributed by atoms with E-state index in [2.05, 4.69) is 11.8 Å². The molecule has 1 saturated carbocycles. The Morgan fingerprint density at radius 1 is 1.46 bits per heavy atom. The molecule has 2 nitrogen and oxygen atoms in total. The summed E-state index contributed by atoms with van der Waals surface area (Å²) in [4.78, 5) is 0. The zero-order chi connectivity index (χ0) is 9.73. The fraction of sp³-hybridized carbons (Fsp3) is 0.818. The second kappa shape index (κ2) is 4.64. The van der Waals surface area contributed by atoms with Crippen LogP contribution in [0.1, 0.15) is 39.0 Å². The standard InChI is InChI=1S/C11H18O2/c1-10(13-2)6-5-9-11(12)7-3-4-8-11/h10,12H,3-4,7-9H2,1-2H3. The van der Waals surface area contributed by atoms with Gasteiger partial charge >= 0.3 is 0 Å². The van der Waals surface area contributed by atoms with Crippen LogP contribution >= 0.6 is 0 Å². The first-order valence-electron chi connectivity index (χ1n) is 4.90. The zero-order valence-electron chi connectivity index (χ0n) is 8.47. The normalized spacial score (nSPS) is 22.1. The molecule has 0 heterocycles. The molecule has 13 heavy (non-hydrogen) atoms. The van der Waals surface area contributed by atoms with Crippen molar-refractivity contribution < 1.29 is 9.84 Å². The molecule has 0 saturated heterocycles. The van der Waals surface area contributed by atoms with Crippen LogP contribution in [0.2, 0.25) is 0 Å². The Morgan fingerprint density at radius 3 is 2.62 bits per heavy atom. The maximum absolute atomic E-state index is 9.93. The highest BCUT2D eigenvalue weighted by Crippen LogP contribution is 2.31. The van der Waals surface area contributed by atoms with Crippen LogP contribution in [0.5, 0.6) is 0 Å². The molecule has 1 aliphatic carbocycles. The summed E-state index contributed by atoms with van der Waals surface area (Å²) >= 11 is 0. The van der Waals surface area contributed by atoms with Gasteiger partial charge in [-0.1, -0.05) is 24.7 Å². The minimum atomic E-state index is -0.500. The molecule has 0 spiro atoms.